The van der Waals surface area contributed by atoms with E-state index < -0.39 is 28.5 Å². The molecule has 1 atom stereocenters. The second-order valence-corrected chi connectivity index (χ2v) is 14.0. The number of nitrogens with zero attached hydrogens (tertiary/aromatic N) is 2. The standard InChI is InChI=1S/C35H38BrN3O5S/c1-26(2)23-37-35(41)33(22-27-10-6-4-7-11-27)38(24-28-14-16-29(36)17-15-28)34(40)25-39(45(3,42)43)30-18-20-32(21-19-30)44-31-12-8-5-9-13-31/h4-21,26,33H,22-25H2,1-3H3,(H,37,41). The smallest absolute Gasteiger partial charge is 0.244 e. The number of sulfonamides is 1. The second kappa shape index (κ2) is 15.7. The number of benzene rings is 4. The first kappa shape index (κ1) is 33.7. The number of ether oxygens (including phenoxy) is 1. The van der Waals surface area contributed by atoms with E-state index in [9.17, 15) is 18.0 Å². The van der Waals surface area contributed by atoms with Crippen molar-refractivity contribution in [2.45, 2.75) is 32.9 Å². The van der Waals surface area contributed by atoms with Crippen LogP contribution in [0.4, 0.5) is 5.69 Å². The van der Waals surface area contributed by atoms with Crippen molar-refractivity contribution in [1.82, 2.24) is 10.2 Å². The molecule has 4 rings (SSSR count). The molecule has 0 bridgehead atoms. The highest BCUT2D eigenvalue weighted by Crippen LogP contribution is 2.26. The van der Waals surface area contributed by atoms with Gasteiger partial charge in [0, 0.05) is 24.0 Å². The number of anilines is 1. The number of hydrogen-bond acceptors (Lipinski definition) is 5. The van der Waals surface area contributed by atoms with Crippen LogP contribution < -0.4 is 14.4 Å². The molecule has 0 aliphatic rings. The van der Waals surface area contributed by atoms with E-state index in [2.05, 4.69) is 21.2 Å². The SMILES string of the molecule is CC(C)CNC(=O)C(Cc1ccccc1)N(Cc1ccc(Br)cc1)C(=O)CN(c1ccc(Oc2ccccc2)cc1)S(C)(=O)=O. The molecule has 4 aromatic rings. The Morgan fingerprint density at radius 2 is 1.38 bits per heavy atom. The third kappa shape index (κ3) is 10.2. The zero-order chi connectivity index (χ0) is 32.4. The average molecular weight is 693 g/mol. The summed E-state index contributed by atoms with van der Waals surface area (Å²) in [7, 11) is -3.88. The van der Waals surface area contributed by atoms with Gasteiger partial charge in [0.05, 0.1) is 11.9 Å². The summed E-state index contributed by atoms with van der Waals surface area (Å²) < 4.78 is 33.9. The van der Waals surface area contributed by atoms with Gasteiger partial charge in [-0.2, -0.15) is 0 Å². The van der Waals surface area contributed by atoms with Gasteiger partial charge in [0.25, 0.3) is 0 Å². The molecule has 0 fully saturated rings. The summed E-state index contributed by atoms with van der Waals surface area (Å²) in [6, 6.07) is 31.8. The summed E-state index contributed by atoms with van der Waals surface area (Å²) in [4.78, 5) is 29.4. The van der Waals surface area contributed by atoms with Gasteiger partial charge in [-0.15, -0.1) is 0 Å². The minimum absolute atomic E-state index is 0.111. The Kier molecular flexibility index (Phi) is 11.8. The molecule has 45 heavy (non-hydrogen) atoms. The third-order valence-corrected chi connectivity index (χ3v) is 8.67. The lowest BCUT2D eigenvalue weighted by molar-refractivity contribution is -0.140. The number of para-hydroxylation sites is 1. The van der Waals surface area contributed by atoms with Crippen molar-refractivity contribution in [3.63, 3.8) is 0 Å². The normalized spacial score (nSPS) is 11.9. The van der Waals surface area contributed by atoms with Crippen LogP contribution in [0.1, 0.15) is 25.0 Å². The summed E-state index contributed by atoms with van der Waals surface area (Å²) in [5, 5.41) is 2.99. The topological polar surface area (TPSA) is 96.0 Å². The lowest BCUT2D eigenvalue weighted by Crippen LogP contribution is -2.53. The van der Waals surface area contributed by atoms with Crippen LogP contribution in [-0.4, -0.2) is 50.5 Å². The maximum Gasteiger partial charge on any atom is 0.244 e. The summed E-state index contributed by atoms with van der Waals surface area (Å²) in [6.07, 6.45) is 1.32. The van der Waals surface area contributed by atoms with Crippen LogP contribution in [0.3, 0.4) is 0 Å². The Hall–Kier alpha value is -4.15. The molecule has 0 aliphatic heterocycles. The van der Waals surface area contributed by atoms with Crippen molar-refractivity contribution in [2.24, 2.45) is 5.92 Å². The molecule has 0 radical (unpaired) electrons. The predicted molar refractivity (Wildman–Crippen MR) is 182 cm³/mol. The lowest BCUT2D eigenvalue weighted by atomic mass is 10.0. The molecule has 2 amide bonds. The molecular formula is C35H38BrN3O5S. The van der Waals surface area contributed by atoms with Crippen LogP contribution in [0.25, 0.3) is 0 Å². The second-order valence-electron chi connectivity index (χ2n) is 11.2. The summed E-state index contributed by atoms with van der Waals surface area (Å²) >= 11 is 3.45. The van der Waals surface area contributed by atoms with Crippen LogP contribution in [0, 0.1) is 5.92 Å². The highest BCUT2D eigenvalue weighted by atomic mass is 79.9. The Labute approximate surface area is 274 Å². The fraction of sp³-hybridized carbons (Fsp3) is 0.257. The molecule has 0 saturated carbocycles. The maximum absolute atomic E-state index is 14.2. The maximum atomic E-state index is 14.2. The fourth-order valence-electron chi connectivity index (χ4n) is 4.68. The van der Waals surface area contributed by atoms with E-state index in [1.54, 1.807) is 24.3 Å². The van der Waals surface area contributed by atoms with Crippen molar-refractivity contribution >= 4 is 43.5 Å². The van der Waals surface area contributed by atoms with Crippen LogP contribution in [0.2, 0.25) is 0 Å². The van der Waals surface area contributed by atoms with Gasteiger partial charge < -0.3 is 15.0 Å². The first-order valence-corrected chi connectivity index (χ1v) is 17.3. The molecule has 0 aromatic heterocycles. The van der Waals surface area contributed by atoms with Crippen LogP contribution in [0.15, 0.2) is 114 Å². The highest BCUT2D eigenvalue weighted by Gasteiger charge is 2.33. The van der Waals surface area contributed by atoms with Gasteiger partial charge in [0.2, 0.25) is 21.8 Å². The van der Waals surface area contributed by atoms with Gasteiger partial charge in [0.1, 0.15) is 24.1 Å². The van der Waals surface area contributed by atoms with E-state index in [0.29, 0.717) is 23.7 Å². The number of nitrogens with one attached hydrogen (secondary N) is 1. The van der Waals surface area contributed by atoms with Crippen molar-refractivity contribution < 1.29 is 22.7 Å². The monoisotopic (exact) mass is 691 g/mol. The molecule has 0 heterocycles. The Balaban J connectivity index is 1.67. The van der Waals surface area contributed by atoms with E-state index in [-0.39, 0.29) is 24.8 Å². The summed E-state index contributed by atoms with van der Waals surface area (Å²) in [5.41, 5.74) is 1.98. The van der Waals surface area contributed by atoms with Crippen LogP contribution >= 0.6 is 15.9 Å². The number of hydrogen-bond donors (Lipinski definition) is 1. The van der Waals surface area contributed by atoms with E-state index in [0.717, 1.165) is 26.2 Å². The third-order valence-electron chi connectivity index (χ3n) is 7.00. The molecule has 4 aromatic carbocycles. The van der Waals surface area contributed by atoms with Crippen LogP contribution in [0.5, 0.6) is 11.5 Å². The Morgan fingerprint density at radius 1 is 0.800 bits per heavy atom. The number of halogens is 1. The molecular weight excluding hydrogens is 654 g/mol. The molecule has 236 valence electrons. The minimum Gasteiger partial charge on any atom is -0.457 e. The van der Waals surface area contributed by atoms with Crippen LogP contribution in [-0.2, 0) is 32.6 Å². The van der Waals surface area contributed by atoms with Gasteiger partial charge in [-0.1, -0.05) is 90.4 Å². The number of amides is 2. The van der Waals surface area contributed by atoms with E-state index >= 15 is 0 Å². The molecule has 0 aliphatic carbocycles. The Bertz CT molecular complexity index is 1650. The zero-order valence-electron chi connectivity index (χ0n) is 25.6. The largest absolute Gasteiger partial charge is 0.457 e. The average Bonchev–Trinajstić information content (AvgIpc) is 3.02. The van der Waals surface area contributed by atoms with Crippen molar-refractivity contribution in [2.75, 3.05) is 23.7 Å². The summed E-state index contributed by atoms with van der Waals surface area (Å²) in [5.74, 6) is 0.562. The van der Waals surface area contributed by atoms with Crippen molar-refractivity contribution in [3.05, 3.63) is 125 Å². The van der Waals surface area contributed by atoms with E-state index in [1.807, 2.05) is 98.8 Å². The van der Waals surface area contributed by atoms with Gasteiger partial charge in [-0.25, -0.2) is 8.42 Å². The molecule has 1 unspecified atom stereocenters. The molecule has 10 heteroatoms. The molecule has 0 spiro atoms. The number of rotatable bonds is 14. The first-order valence-electron chi connectivity index (χ1n) is 14.7. The molecule has 1 N–H and O–H groups in total. The van der Waals surface area contributed by atoms with Crippen molar-refractivity contribution in [3.8, 4) is 11.5 Å². The predicted octanol–water partition coefficient (Wildman–Crippen LogP) is 6.42. The van der Waals surface area contributed by atoms with Gasteiger partial charge in [-0.05, 0) is 65.6 Å². The van der Waals surface area contributed by atoms with Gasteiger partial charge >= 0.3 is 0 Å². The molecule has 0 saturated heterocycles. The molecule has 8 nitrogen and oxygen atoms in total. The zero-order valence-corrected chi connectivity index (χ0v) is 28.0. The fourth-order valence-corrected chi connectivity index (χ4v) is 5.80. The number of carbonyl (C=O) groups excluding carboxylic acids is 2. The Morgan fingerprint density at radius 3 is 1.96 bits per heavy atom. The lowest BCUT2D eigenvalue weighted by Gasteiger charge is -2.33. The minimum atomic E-state index is -3.88. The van der Waals surface area contributed by atoms with Crippen molar-refractivity contribution in [1.29, 1.82) is 0 Å². The number of carbonyl (C=O) groups is 2. The quantitative estimate of drug-likeness (QED) is 0.165. The summed E-state index contributed by atoms with van der Waals surface area (Å²) in [6.45, 7) is 4.06. The van der Waals surface area contributed by atoms with Gasteiger partial charge in [0.15, 0.2) is 0 Å². The highest BCUT2D eigenvalue weighted by molar-refractivity contribution is 9.10. The van der Waals surface area contributed by atoms with E-state index in [1.165, 1.54) is 4.90 Å². The van der Waals surface area contributed by atoms with Gasteiger partial charge in [-0.3, -0.25) is 13.9 Å². The first-order chi connectivity index (χ1) is 21.5. The van der Waals surface area contributed by atoms with E-state index in [4.69, 9.17) is 4.74 Å².